The molecule has 0 bridgehead atoms. The largest absolute Gasteiger partial charge is 0.507 e. The van der Waals surface area contributed by atoms with E-state index in [2.05, 4.69) is 4.98 Å². The van der Waals surface area contributed by atoms with Crippen molar-refractivity contribution in [2.75, 3.05) is 13.7 Å². The predicted octanol–water partition coefficient (Wildman–Crippen LogP) is 4.51. The van der Waals surface area contributed by atoms with Crippen LogP contribution in [0.1, 0.15) is 51.1 Å². The molecule has 1 amide bonds. The van der Waals surface area contributed by atoms with Gasteiger partial charge in [-0.15, -0.1) is 0 Å². The van der Waals surface area contributed by atoms with Gasteiger partial charge in [-0.3, -0.25) is 14.6 Å². The van der Waals surface area contributed by atoms with Crippen molar-refractivity contribution in [2.45, 2.75) is 33.4 Å². The fourth-order valence-electron chi connectivity index (χ4n) is 4.49. The van der Waals surface area contributed by atoms with Crippen LogP contribution in [0.4, 0.5) is 0 Å². The van der Waals surface area contributed by atoms with Crippen LogP contribution in [0.3, 0.4) is 0 Å². The van der Waals surface area contributed by atoms with Crippen LogP contribution >= 0.6 is 0 Å². The zero-order chi connectivity index (χ0) is 26.7. The second kappa shape index (κ2) is 10.7. The topological polar surface area (TPSA) is 106 Å². The molecule has 0 saturated carbocycles. The van der Waals surface area contributed by atoms with Gasteiger partial charge in [-0.2, -0.15) is 0 Å². The van der Waals surface area contributed by atoms with Gasteiger partial charge in [0.25, 0.3) is 11.7 Å². The molecule has 1 fully saturated rings. The van der Waals surface area contributed by atoms with Crippen LogP contribution in [0.5, 0.6) is 5.75 Å². The zero-order valence-electron chi connectivity index (χ0n) is 21.1. The second-order valence-corrected chi connectivity index (χ2v) is 8.77. The van der Waals surface area contributed by atoms with Gasteiger partial charge in [0.15, 0.2) is 0 Å². The number of benzene rings is 2. The lowest BCUT2D eigenvalue weighted by atomic mass is 9.93. The van der Waals surface area contributed by atoms with Crippen molar-refractivity contribution in [1.82, 2.24) is 9.88 Å². The summed E-state index contributed by atoms with van der Waals surface area (Å²) in [5, 5.41) is 11.4. The summed E-state index contributed by atoms with van der Waals surface area (Å²) in [6.45, 7) is 5.73. The third kappa shape index (κ3) is 4.95. The maximum absolute atomic E-state index is 13.3. The third-order valence-corrected chi connectivity index (χ3v) is 6.36. The summed E-state index contributed by atoms with van der Waals surface area (Å²) in [6, 6.07) is 12.8. The van der Waals surface area contributed by atoms with Crippen LogP contribution in [-0.2, 0) is 20.9 Å². The van der Waals surface area contributed by atoms with E-state index in [-0.39, 0.29) is 24.5 Å². The minimum absolute atomic E-state index is 0.00573. The monoisotopic (exact) mass is 500 g/mol. The van der Waals surface area contributed by atoms with E-state index in [0.717, 1.165) is 5.56 Å². The van der Waals surface area contributed by atoms with Crippen molar-refractivity contribution in [3.63, 3.8) is 0 Å². The number of hydrogen-bond acceptors (Lipinski definition) is 7. The lowest BCUT2D eigenvalue weighted by Gasteiger charge is -2.25. The van der Waals surface area contributed by atoms with Crippen LogP contribution in [0.15, 0.2) is 66.5 Å². The summed E-state index contributed by atoms with van der Waals surface area (Å²) in [4.78, 5) is 44.2. The van der Waals surface area contributed by atoms with Crippen LogP contribution in [-0.4, -0.2) is 46.4 Å². The number of hydrogen-bond donors (Lipinski definition) is 1. The van der Waals surface area contributed by atoms with Gasteiger partial charge in [-0.05, 0) is 73.4 Å². The minimum Gasteiger partial charge on any atom is -0.507 e. The summed E-state index contributed by atoms with van der Waals surface area (Å²) in [6.07, 6.45) is 3.17. The second-order valence-electron chi connectivity index (χ2n) is 8.77. The van der Waals surface area contributed by atoms with Crippen molar-refractivity contribution in [3.05, 3.63) is 99.9 Å². The van der Waals surface area contributed by atoms with E-state index in [1.807, 2.05) is 6.92 Å². The van der Waals surface area contributed by atoms with Crippen LogP contribution in [0.2, 0.25) is 0 Å². The van der Waals surface area contributed by atoms with Crippen LogP contribution < -0.4 is 4.74 Å². The molecule has 1 N–H and O–H groups in total. The number of methoxy groups -OCH3 is 1. The first-order valence-electron chi connectivity index (χ1n) is 11.9. The number of esters is 1. The lowest BCUT2D eigenvalue weighted by Crippen LogP contribution is -2.29. The fraction of sp³-hybridized carbons (Fsp3) is 0.241. The molecular formula is C29H28N2O6. The number of rotatable bonds is 7. The number of Topliss-reactive ketones (excluding diaryl/α,β-unsaturated/α-hetero) is 1. The molecule has 1 aromatic heterocycles. The molecule has 2 aromatic carbocycles. The Labute approximate surface area is 215 Å². The van der Waals surface area contributed by atoms with Gasteiger partial charge in [-0.25, -0.2) is 4.79 Å². The van der Waals surface area contributed by atoms with Crippen molar-refractivity contribution < 1.29 is 29.0 Å². The molecule has 8 heteroatoms. The molecule has 8 nitrogen and oxygen atoms in total. The number of pyridine rings is 1. The zero-order valence-corrected chi connectivity index (χ0v) is 21.1. The number of aliphatic hydroxyl groups is 1. The predicted molar refractivity (Wildman–Crippen MR) is 137 cm³/mol. The van der Waals surface area contributed by atoms with E-state index in [0.29, 0.717) is 33.6 Å². The fourth-order valence-corrected chi connectivity index (χ4v) is 4.49. The highest BCUT2D eigenvalue weighted by atomic mass is 16.5. The van der Waals surface area contributed by atoms with Crippen molar-refractivity contribution in [3.8, 4) is 5.75 Å². The molecule has 1 atom stereocenters. The molecule has 1 saturated heterocycles. The van der Waals surface area contributed by atoms with Gasteiger partial charge >= 0.3 is 5.97 Å². The summed E-state index contributed by atoms with van der Waals surface area (Å²) in [5.74, 6) is -1.54. The maximum Gasteiger partial charge on any atom is 0.338 e. The maximum atomic E-state index is 13.3. The Hall–Kier alpha value is -4.46. The molecule has 1 aliphatic rings. The van der Waals surface area contributed by atoms with Crippen molar-refractivity contribution >= 4 is 23.4 Å². The Kier molecular flexibility index (Phi) is 7.38. The first-order chi connectivity index (χ1) is 17.8. The highest BCUT2D eigenvalue weighted by Crippen LogP contribution is 2.41. The minimum atomic E-state index is -0.847. The average Bonchev–Trinajstić information content (AvgIpc) is 3.15. The number of ether oxygens (including phenoxy) is 2. The number of carbonyl (C=O) groups is 3. The number of nitrogens with zero attached hydrogens (tertiary/aromatic N) is 2. The highest BCUT2D eigenvalue weighted by Gasteiger charge is 2.46. The smallest absolute Gasteiger partial charge is 0.338 e. The van der Waals surface area contributed by atoms with Gasteiger partial charge < -0.3 is 19.5 Å². The van der Waals surface area contributed by atoms with Crippen LogP contribution in [0, 0.1) is 13.8 Å². The van der Waals surface area contributed by atoms with E-state index in [1.54, 1.807) is 81.9 Å². The number of aromatic nitrogens is 1. The summed E-state index contributed by atoms with van der Waals surface area (Å²) in [5.41, 5.74) is 3.61. The van der Waals surface area contributed by atoms with Crippen molar-refractivity contribution in [1.29, 1.82) is 0 Å². The molecule has 0 spiro atoms. The van der Waals surface area contributed by atoms with Gasteiger partial charge in [0.2, 0.25) is 0 Å². The first kappa shape index (κ1) is 25.6. The number of amides is 1. The molecular weight excluding hydrogens is 472 g/mol. The highest BCUT2D eigenvalue weighted by molar-refractivity contribution is 6.46. The van der Waals surface area contributed by atoms with E-state index < -0.39 is 23.7 Å². The Morgan fingerprint density at radius 1 is 1.08 bits per heavy atom. The standard InChI is InChI=1S/C29H28N2O6/c1-5-37-29(35)20-10-8-19(9-11-20)16-31-25(21-7-6-12-30-15-21)24(27(33)28(31)34)26(32)22-13-18(3)23(36-4)14-17(22)2/h6-15,25,32H,5,16H2,1-4H3/b26-24+. The molecule has 0 radical (unpaired) electrons. The van der Waals surface area contributed by atoms with Crippen LogP contribution in [0.25, 0.3) is 5.76 Å². The molecule has 0 aliphatic carbocycles. The summed E-state index contributed by atoms with van der Waals surface area (Å²) in [7, 11) is 1.56. The Morgan fingerprint density at radius 2 is 1.81 bits per heavy atom. The van der Waals surface area contributed by atoms with E-state index in [9.17, 15) is 19.5 Å². The van der Waals surface area contributed by atoms with Crippen molar-refractivity contribution in [2.24, 2.45) is 0 Å². The van der Waals surface area contributed by atoms with Gasteiger partial charge in [0.05, 0.1) is 30.9 Å². The average molecular weight is 501 g/mol. The Morgan fingerprint density at radius 3 is 2.43 bits per heavy atom. The van der Waals surface area contributed by atoms with E-state index in [1.165, 1.54) is 4.90 Å². The Bertz CT molecular complexity index is 1380. The molecule has 3 aromatic rings. The van der Waals surface area contributed by atoms with E-state index >= 15 is 0 Å². The molecule has 1 aliphatic heterocycles. The Balaban J connectivity index is 1.79. The quantitative estimate of drug-likeness (QED) is 0.220. The number of ketones is 1. The SMILES string of the molecule is CCOC(=O)c1ccc(CN2C(=O)C(=O)/C(=C(/O)c3cc(C)c(OC)cc3C)C2c2cccnc2)cc1. The van der Waals surface area contributed by atoms with Gasteiger partial charge in [0.1, 0.15) is 11.5 Å². The summed E-state index contributed by atoms with van der Waals surface area (Å²) >= 11 is 0. The number of carbonyl (C=O) groups excluding carboxylic acids is 3. The first-order valence-corrected chi connectivity index (χ1v) is 11.9. The summed E-state index contributed by atoms with van der Waals surface area (Å²) < 4.78 is 10.4. The normalized spacial score (nSPS) is 16.6. The van der Waals surface area contributed by atoms with E-state index in [4.69, 9.17) is 9.47 Å². The number of likely N-dealkylation sites (tertiary alicyclic amines) is 1. The molecule has 1 unspecified atom stereocenters. The lowest BCUT2D eigenvalue weighted by molar-refractivity contribution is -0.140. The third-order valence-electron chi connectivity index (χ3n) is 6.36. The molecule has 4 rings (SSSR count). The number of aryl methyl sites for hydroxylation is 2. The molecule has 2 heterocycles. The van der Waals surface area contributed by atoms with Gasteiger partial charge in [-0.1, -0.05) is 18.2 Å². The number of aliphatic hydroxyl groups excluding tert-OH is 1. The molecule has 37 heavy (non-hydrogen) atoms. The molecule has 190 valence electrons. The van der Waals surface area contributed by atoms with Gasteiger partial charge in [0, 0.05) is 24.5 Å².